The third-order valence-electron chi connectivity index (χ3n) is 3.85. The molecule has 1 aliphatic rings. The van der Waals surface area contributed by atoms with E-state index in [1.165, 1.54) is 5.56 Å². The summed E-state index contributed by atoms with van der Waals surface area (Å²) < 4.78 is 5.62. The lowest BCUT2D eigenvalue weighted by molar-refractivity contribution is 0.0158. The molecule has 1 fully saturated rings. The van der Waals surface area contributed by atoms with Gasteiger partial charge in [-0.05, 0) is 19.3 Å². The summed E-state index contributed by atoms with van der Waals surface area (Å²) in [5.41, 5.74) is 1.21. The number of piperidine rings is 1. The van der Waals surface area contributed by atoms with Crippen LogP contribution < -0.4 is 10.2 Å². The Morgan fingerprint density at radius 1 is 1.38 bits per heavy atom. The Kier molecular flexibility index (Phi) is 6.20. The van der Waals surface area contributed by atoms with Crippen LogP contribution in [0.25, 0.3) is 0 Å². The average molecular weight is 294 g/mol. The molecule has 0 aromatic carbocycles. The maximum atomic E-state index is 8.82. The molecule has 2 heterocycles. The predicted molar refractivity (Wildman–Crippen MR) is 83.8 cm³/mol. The Morgan fingerprint density at radius 3 is 2.76 bits per heavy atom. The number of ether oxygens (including phenoxy) is 1. The zero-order valence-electron chi connectivity index (χ0n) is 13.0. The molecule has 2 N–H and O–H groups in total. The molecular weight excluding hydrogens is 268 g/mol. The zero-order chi connectivity index (χ0) is 15.1. The molecule has 0 aliphatic carbocycles. The van der Waals surface area contributed by atoms with Gasteiger partial charge in [0.15, 0.2) is 0 Å². The molecule has 1 aliphatic heterocycles. The van der Waals surface area contributed by atoms with Crippen LogP contribution in [0.15, 0.2) is 6.33 Å². The van der Waals surface area contributed by atoms with E-state index < -0.39 is 0 Å². The maximum absolute atomic E-state index is 8.82. The molecule has 21 heavy (non-hydrogen) atoms. The largest absolute Gasteiger partial charge is 0.394 e. The Balaban J connectivity index is 2.05. The van der Waals surface area contributed by atoms with Crippen molar-refractivity contribution in [2.75, 3.05) is 43.6 Å². The second-order valence-corrected chi connectivity index (χ2v) is 5.31. The van der Waals surface area contributed by atoms with Gasteiger partial charge in [0.05, 0.1) is 19.3 Å². The summed E-state index contributed by atoms with van der Waals surface area (Å²) in [5.74, 6) is 1.98. The van der Waals surface area contributed by atoms with Gasteiger partial charge >= 0.3 is 0 Å². The van der Waals surface area contributed by atoms with Gasteiger partial charge < -0.3 is 20.1 Å². The van der Waals surface area contributed by atoms with Crippen molar-refractivity contribution in [1.29, 1.82) is 0 Å². The highest BCUT2D eigenvalue weighted by Crippen LogP contribution is 2.27. The fourth-order valence-electron chi connectivity index (χ4n) is 2.82. The summed E-state index contributed by atoms with van der Waals surface area (Å²) in [4.78, 5) is 11.2. The fraction of sp³-hybridized carbons (Fsp3) is 0.733. The number of aliphatic hydroxyl groups is 1. The van der Waals surface area contributed by atoms with Gasteiger partial charge in [-0.2, -0.15) is 0 Å². The molecule has 6 heteroatoms. The highest BCUT2D eigenvalue weighted by molar-refractivity contribution is 5.58. The standard InChI is InChI=1S/C15H26N4O2/c1-3-4-13-14(16-2)17-11-18-15(13)19-7-5-12(6-8-19)21-10-9-20/h11-12,20H,3-10H2,1-2H3,(H,16,17,18). The molecule has 0 saturated carbocycles. The maximum Gasteiger partial charge on any atom is 0.137 e. The summed E-state index contributed by atoms with van der Waals surface area (Å²) >= 11 is 0. The number of aromatic nitrogens is 2. The number of hydrogen-bond acceptors (Lipinski definition) is 6. The van der Waals surface area contributed by atoms with Gasteiger partial charge in [-0.3, -0.25) is 0 Å². The number of nitrogens with one attached hydrogen (secondary N) is 1. The van der Waals surface area contributed by atoms with E-state index in [9.17, 15) is 0 Å². The summed E-state index contributed by atoms with van der Waals surface area (Å²) in [6.45, 7) is 4.58. The van der Waals surface area contributed by atoms with Gasteiger partial charge in [0.2, 0.25) is 0 Å². The van der Waals surface area contributed by atoms with E-state index in [1.54, 1.807) is 6.33 Å². The monoisotopic (exact) mass is 294 g/mol. The second kappa shape index (κ2) is 8.14. The highest BCUT2D eigenvalue weighted by atomic mass is 16.5. The molecule has 0 spiro atoms. The number of anilines is 2. The van der Waals surface area contributed by atoms with E-state index in [2.05, 4.69) is 27.1 Å². The van der Waals surface area contributed by atoms with Crippen molar-refractivity contribution in [2.45, 2.75) is 38.7 Å². The molecule has 0 bridgehead atoms. The number of rotatable bonds is 7. The molecule has 0 radical (unpaired) electrons. The number of hydrogen-bond donors (Lipinski definition) is 2. The van der Waals surface area contributed by atoms with Crippen molar-refractivity contribution in [3.05, 3.63) is 11.9 Å². The van der Waals surface area contributed by atoms with E-state index in [-0.39, 0.29) is 12.7 Å². The van der Waals surface area contributed by atoms with Crippen LogP contribution in [0.4, 0.5) is 11.6 Å². The first-order chi connectivity index (χ1) is 10.3. The minimum absolute atomic E-state index is 0.0955. The topological polar surface area (TPSA) is 70.5 Å². The number of aliphatic hydroxyl groups excluding tert-OH is 1. The Hall–Kier alpha value is -1.40. The van der Waals surface area contributed by atoms with Crippen molar-refractivity contribution >= 4 is 11.6 Å². The lowest BCUT2D eigenvalue weighted by Gasteiger charge is -2.34. The average Bonchev–Trinajstić information content (AvgIpc) is 2.54. The van der Waals surface area contributed by atoms with Crippen LogP contribution >= 0.6 is 0 Å². The Morgan fingerprint density at radius 2 is 2.14 bits per heavy atom. The van der Waals surface area contributed by atoms with Crippen molar-refractivity contribution < 1.29 is 9.84 Å². The Bertz CT molecular complexity index is 434. The lowest BCUT2D eigenvalue weighted by Crippen LogP contribution is -2.38. The lowest BCUT2D eigenvalue weighted by atomic mass is 10.1. The SMILES string of the molecule is CCCc1c(NC)ncnc1N1CCC(OCCO)CC1. The molecule has 0 atom stereocenters. The summed E-state index contributed by atoms with van der Waals surface area (Å²) in [6.07, 6.45) is 5.90. The van der Waals surface area contributed by atoms with Crippen molar-refractivity contribution in [3.63, 3.8) is 0 Å². The smallest absolute Gasteiger partial charge is 0.137 e. The molecular formula is C15H26N4O2. The highest BCUT2D eigenvalue weighted by Gasteiger charge is 2.23. The first-order valence-corrected chi connectivity index (χ1v) is 7.79. The molecule has 1 aromatic heterocycles. The fourth-order valence-corrected chi connectivity index (χ4v) is 2.82. The van der Waals surface area contributed by atoms with E-state index in [0.717, 1.165) is 50.4 Å². The summed E-state index contributed by atoms with van der Waals surface area (Å²) in [7, 11) is 1.90. The zero-order valence-corrected chi connectivity index (χ0v) is 13.0. The van der Waals surface area contributed by atoms with E-state index in [4.69, 9.17) is 9.84 Å². The molecule has 6 nitrogen and oxygen atoms in total. The van der Waals surface area contributed by atoms with E-state index in [1.807, 2.05) is 7.05 Å². The van der Waals surface area contributed by atoms with Crippen LogP contribution in [0.2, 0.25) is 0 Å². The second-order valence-electron chi connectivity index (χ2n) is 5.31. The van der Waals surface area contributed by atoms with Gasteiger partial charge in [0.25, 0.3) is 0 Å². The third kappa shape index (κ3) is 4.04. The van der Waals surface area contributed by atoms with Crippen LogP contribution in [-0.2, 0) is 11.2 Å². The Labute approximate surface area is 126 Å². The normalized spacial score (nSPS) is 16.2. The quantitative estimate of drug-likeness (QED) is 0.793. The van der Waals surface area contributed by atoms with E-state index in [0.29, 0.717) is 6.61 Å². The van der Waals surface area contributed by atoms with Crippen LogP contribution in [0.5, 0.6) is 0 Å². The van der Waals surface area contributed by atoms with Crippen LogP contribution in [0, 0.1) is 0 Å². The predicted octanol–water partition coefficient (Wildman–Crippen LogP) is 1.45. The van der Waals surface area contributed by atoms with Gasteiger partial charge in [-0.25, -0.2) is 9.97 Å². The first-order valence-electron chi connectivity index (χ1n) is 7.79. The summed E-state index contributed by atoms with van der Waals surface area (Å²) in [5, 5.41) is 12.0. The van der Waals surface area contributed by atoms with Gasteiger partial charge in [0.1, 0.15) is 18.0 Å². The van der Waals surface area contributed by atoms with E-state index >= 15 is 0 Å². The van der Waals surface area contributed by atoms with Gasteiger partial charge in [-0.15, -0.1) is 0 Å². The van der Waals surface area contributed by atoms with Crippen LogP contribution in [0.1, 0.15) is 31.7 Å². The minimum atomic E-state index is 0.0955. The van der Waals surface area contributed by atoms with Crippen molar-refractivity contribution in [2.24, 2.45) is 0 Å². The number of nitrogens with zero attached hydrogens (tertiary/aromatic N) is 3. The summed E-state index contributed by atoms with van der Waals surface area (Å²) in [6, 6.07) is 0. The molecule has 1 aromatic rings. The van der Waals surface area contributed by atoms with Gasteiger partial charge in [-0.1, -0.05) is 13.3 Å². The van der Waals surface area contributed by atoms with Gasteiger partial charge in [0, 0.05) is 25.7 Å². The van der Waals surface area contributed by atoms with Crippen molar-refractivity contribution in [1.82, 2.24) is 9.97 Å². The van der Waals surface area contributed by atoms with Crippen LogP contribution in [-0.4, -0.2) is 54.5 Å². The third-order valence-corrected chi connectivity index (χ3v) is 3.85. The molecule has 0 amide bonds. The molecule has 118 valence electrons. The molecule has 2 rings (SSSR count). The minimum Gasteiger partial charge on any atom is -0.394 e. The molecule has 0 unspecified atom stereocenters. The van der Waals surface area contributed by atoms with Crippen LogP contribution in [0.3, 0.4) is 0 Å². The first kappa shape index (κ1) is 16.0. The van der Waals surface area contributed by atoms with Crippen molar-refractivity contribution in [3.8, 4) is 0 Å². The molecule has 1 saturated heterocycles.